The molecule has 4 heterocycles. The Bertz CT molecular complexity index is 1600. The van der Waals surface area contributed by atoms with Gasteiger partial charge in [-0.15, -0.1) is 0 Å². The molecule has 0 aliphatic carbocycles. The standard InChI is InChI=1S/C24H21ClN8O2/c25-18-8-17(21-20(9-18)30-24(34)35-21)10-26-22-19-13-33(31-23(19)28-14-27-22)12-16-4-2-15(3-5-16)11-32-7-1-6-29-32/h1-5,7-9,13-14,29H,6,10-12H2,(H,30,34)(H,26,27,28,31). The summed E-state index contributed by atoms with van der Waals surface area (Å²) in [5.41, 5.74) is 7.99. The zero-order valence-electron chi connectivity index (χ0n) is 18.5. The van der Waals surface area contributed by atoms with Crippen molar-refractivity contribution in [2.24, 2.45) is 0 Å². The van der Waals surface area contributed by atoms with Crippen molar-refractivity contribution >= 4 is 39.6 Å². The van der Waals surface area contributed by atoms with Crippen LogP contribution >= 0.6 is 11.6 Å². The predicted molar refractivity (Wildman–Crippen MR) is 133 cm³/mol. The lowest BCUT2D eigenvalue weighted by Crippen LogP contribution is -2.27. The highest BCUT2D eigenvalue weighted by Gasteiger charge is 2.13. The van der Waals surface area contributed by atoms with Gasteiger partial charge in [-0.25, -0.2) is 20.2 Å². The van der Waals surface area contributed by atoms with E-state index in [9.17, 15) is 4.79 Å². The van der Waals surface area contributed by atoms with Crippen molar-refractivity contribution < 1.29 is 4.42 Å². The Labute approximate surface area is 204 Å². The minimum absolute atomic E-state index is 0.359. The lowest BCUT2D eigenvalue weighted by atomic mass is 10.1. The summed E-state index contributed by atoms with van der Waals surface area (Å²) < 4.78 is 7.13. The predicted octanol–water partition coefficient (Wildman–Crippen LogP) is 3.41. The van der Waals surface area contributed by atoms with Crippen LogP contribution in [0.5, 0.6) is 0 Å². The quantitative estimate of drug-likeness (QED) is 0.319. The third-order valence-electron chi connectivity index (χ3n) is 5.79. The largest absolute Gasteiger partial charge is 0.417 e. The molecule has 0 fully saturated rings. The van der Waals surface area contributed by atoms with Crippen LogP contribution in [0.4, 0.5) is 5.82 Å². The van der Waals surface area contributed by atoms with E-state index in [2.05, 4.69) is 72.3 Å². The first kappa shape index (κ1) is 21.4. The molecule has 3 aromatic heterocycles. The molecule has 1 aliphatic rings. The molecule has 10 nitrogen and oxygen atoms in total. The molecule has 0 saturated heterocycles. The lowest BCUT2D eigenvalue weighted by molar-refractivity contribution is 0.298. The monoisotopic (exact) mass is 488 g/mol. The minimum atomic E-state index is -0.521. The Morgan fingerprint density at radius 1 is 1.11 bits per heavy atom. The summed E-state index contributed by atoms with van der Waals surface area (Å²) in [6.45, 7) is 2.66. The highest BCUT2D eigenvalue weighted by atomic mass is 35.5. The van der Waals surface area contributed by atoms with E-state index >= 15 is 0 Å². The molecule has 35 heavy (non-hydrogen) atoms. The number of hydrogen-bond donors (Lipinski definition) is 3. The van der Waals surface area contributed by atoms with E-state index in [0.717, 1.165) is 29.6 Å². The summed E-state index contributed by atoms with van der Waals surface area (Å²) in [5.74, 6) is 0.112. The average Bonchev–Trinajstić information content (AvgIpc) is 3.58. The van der Waals surface area contributed by atoms with Gasteiger partial charge in [-0.1, -0.05) is 41.9 Å². The summed E-state index contributed by atoms with van der Waals surface area (Å²) in [6, 6.07) is 11.9. The molecule has 0 atom stereocenters. The van der Waals surface area contributed by atoms with E-state index in [-0.39, 0.29) is 0 Å². The highest BCUT2D eigenvalue weighted by Crippen LogP contribution is 2.24. The number of hydrogen-bond acceptors (Lipinski definition) is 8. The number of hydrazine groups is 1. The van der Waals surface area contributed by atoms with Crippen molar-refractivity contribution in [1.82, 2.24) is 35.2 Å². The minimum Gasteiger partial charge on any atom is -0.407 e. The Kier molecular flexibility index (Phi) is 5.44. The number of aromatic nitrogens is 5. The molecule has 176 valence electrons. The first-order valence-electron chi connectivity index (χ1n) is 11.1. The van der Waals surface area contributed by atoms with Crippen LogP contribution in [0.1, 0.15) is 16.7 Å². The van der Waals surface area contributed by atoms with Gasteiger partial charge in [0.05, 0.1) is 24.0 Å². The number of halogens is 1. The second-order valence-electron chi connectivity index (χ2n) is 8.29. The van der Waals surface area contributed by atoms with Crippen LogP contribution in [0.15, 0.2) is 70.4 Å². The van der Waals surface area contributed by atoms with E-state index in [1.165, 1.54) is 11.9 Å². The Balaban J connectivity index is 1.19. The fourth-order valence-electron chi connectivity index (χ4n) is 4.15. The van der Waals surface area contributed by atoms with E-state index in [4.69, 9.17) is 16.0 Å². The van der Waals surface area contributed by atoms with Gasteiger partial charge in [-0.3, -0.25) is 9.67 Å². The van der Waals surface area contributed by atoms with Crippen molar-refractivity contribution in [3.05, 3.63) is 93.5 Å². The molecule has 0 radical (unpaired) electrons. The van der Waals surface area contributed by atoms with Crippen LogP contribution in [0.3, 0.4) is 0 Å². The Morgan fingerprint density at radius 2 is 1.94 bits per heavy atom. The first-order chi connectivity index (χ1) is 17.1. The van der Waals surface area contributed by atoms with Gasteiger partial charge in [-0.2, -0.15) is 5.10 Å². The smallest absolute Gasteiger partial charge is 0.407 e. The molecule has 0 saturated carbocycles. The normalized spacial score (nSPS) is 13.3. The van der Waals surface area contributed by atoms with Crippen LogP contribution in [0, 0.1) is 0 Å². The van der Waals surface area contributed by atoms with Gasteiger partial charge >= 0.3 is 5.76 Å². The molecule has 0 spiro atoms. The van der Waals surface area contributed by atoms with Gasteiger partial charge in [0.15, 0.2) is 11.2 Å². The van der Waals surface area contributed by atoms with E-state index in [0.29, 0.717) is 40.7 Å². The molecule has 6 rings (SSSR count). The van der Waals surface area contributed by atoms with Gasteiger partial charge in [-0.05, 0) is 23.3 Å². The molecular formula is C24H21ClN8O2. The van der Waals surface area contributed by atoms with E-state index < -0.39 is 5.76 Å². The number of nitrogens with zero attached hydrogens (tertiary/aromatic N) is 5. The number of nitrogens with one attached hydrogen (secondary N) is 3. The zero-order valence-corrected chi connectivity index (χ0v) is 19.3. The van der Waals surface area contributed by atoms with Crippen LogP contribution in [0.25, 0.3) is 22.1 Å². The Hall–Kier alpha value is -4.15. The van der Waals surface area contributed by atoms with Crippen LogP contribution < -0.4 is 16.5 Å². The summed E-state index contributed by atoms with van der Waals surface area (Å²) in [5, 5.41) is 11.3. The van der Waals surface area contributed by atoms with Crippen molar-refractivity contribution in [3.63, 3.8) is 0 Å². The van der Waals surface area contributed by atoms with Crippen molar-refractivity contribution in [2.75, 3.05) is 11.9 Å². The fourth-order valence-corrected chi connectivity index (χ4v) is 4.39. The number of benzene rings is 2. The zero-order chi connectivity index (χ0) is 23.8. The van der Waals surface area contributed by atoms with Crippen LogP contribution in [0.2, 0.25) is 5.02 Å². The summed E-state index contributed by atoms with van der Waals surface area (Å²) in [7, 11) is 0. The molecule has 0 bridgehead atoms. The maximum absolute atomic E-state index is 11.6. The second-order valence-corrected chi connectivity index (χ2v) is 8.72. The molecule has 3 N–H and O–H groups in total. The van der Waals surface area contributed by atoms with Crippen molar-refractivity contribution in [2.45, 2.75) is 19.6 Å². The number of rotatable bonds is 7. The summed E-state index contributed by atoms with van der Waals surface area (Å²) >= 11 is 6.20. The number of H-pyrrole nitrogens is 1. The molecule has 11 heteroatoms. The molecule has 0 amide bonds. The summed E-state index contributed by atoms with van der Waals surface area (Å²) in [6.07, 6.45) is 7.55. The number of aromatic amines is 1. The molecule has 0 unspecified atom stereocenters. The fraction of sp³-hybridized carbons (Fsp3) is 0.167. The molecule has 2 aromatic carbocycles. The van der Waals surface area contributed by atoms with Crippen LogP contribution in [-0.2, 0) is 19.6 Å². The number of oxazole rings is 1. The van der Waals surface area contributed by atoms with Gasteiger partial charge in [0, 0.05) is 36.1 Å². The number of anilines is 1. The van der Waals surface area contributed by atoms with Crippen molar-refractivity contribution in [3.8, 4) is 0 Å². The topological polar surface area (TPSA) is 117 Å². The van der Waals surface area contributed by atoms with Gasteiger partial charge in [0.25, 0.3) is 0 Å². The average molecular weight is 489 g/mol. The lowest BCUT2D eigenvalue weighted by Gasteiger charge is -2.16. The Morgan fingerprint density at radius 3 is 2.74 bits per heavy atom. The number of fused-ring (bicyclic) bond motifs is 2. The van der Waals surface area contributed by atoms with Gasteiger partial charge in [0.1, 0.15) is 12.1 Å². The van der Waals surface area contributed by atoms with Crippen molar-refractivity contribution in [1.29, 1.82) is 0 Å². The van der Waals surface area contributed by atoms with E-state index in [1.54, 1.807) is 12.1 Å². The third kappa shape index (κ3) is 4.48. The van der Waals surface area contributed by atoms with Gasteiger partial charge < -0.3 is 14.7 Å². The second kappa shape index (κ2) is 8.90. The van der Waals surface area contributed by atoms with Gasteiger partial charge in [0.2, 0.25) is 0 Å². The van der Waals surface area contributed by atoms with E-state index in [1.807, 2.05) is 10.9 Å². The summed E-state index contributed by atoms with van der Waals surface area (Å²) in [4.78, 5) is 23.0. The molecule has 1 aliphatic heterocycles. The highest BCUT2D eigenvalue weighted by molar-refractivity contribution is 6.31. The third-order valence-corrected chi connectivity index (χ3v) is 6.01. The maximum atomic E-state index is 11.6. The molecule has 5 aromatic rings. The molecular weight excluding hydrogens is 468 g/mol. The van der Waals surface area contributed by atoms with Crippen LogP contribution in [-0.4, -0.2) is 36.3 Å². The first-order valence-corrected chi connectivity index (χ1v) is 11.5. The SMILES string of the molecule is O=c1[nH]c2cc(Cl)cc(CNc3ncnc4nn(Cc5ccc(CN6C=CCN6)cc5)cc34)c2o1. The maximum Gasteiger partial charge on any atom is 0.417 e.